The molecule has 4 heterocycles. The molecule has 30 heavy (non-hydrogen) atoms. The molecule has 0 spiro atoms. The van der Waals surface area contributed by atoms with Crippen LogP contribution in [0.2, 0.25) is 0 Å². The van der Waals surface area contributed by atoms with Crippen molar-refractivity contribution >= 4 is 11.0 Å². The topological polar surface area (TPSA) is 78.6 Å². The molecule has 5 aromatic rings. The van der Waals surface area contributed by atoms with Gasteiger partial charge in [-0.3, -0.25) is 14.6 Å². The van der Waals surface area contributed by atoms with Gasteiger partial charge in [0.25, 0.3) is 0 Å². The molecule has 0 unspecified atom stereocenters. The van der Waals surface area contributed by atoms with Crippen LogP contribution in [0.4, 0.5) is 0 Å². The summed E-state index contributed by atoms with van der Waals surface area (Å²) in [6, 6.07) is 15.6. The van der Waals surface area contributed by atoms with Gasteiger partial charge < -0.3 is 4.74 Å². The zero-order chi connectivity index (χ0) is 20.3. The second kappa shape index (κ2) is 7.71. The maximum Gasteiger partial charge on any atom is 0.166 e. The van der Waals surface area contributed by atoms with Crippen molar-refractivity contribution in [1.82, 2.24) is 29.7 Å². The Morgan fingerprint density at radius 2 is 1.70 bits per heavy atom. The molecule has 7 heteroatoms. The van der Waals surface area contributed by atoms with E-state index in [9.17, 15) is 0 Å². The summed E-state index contributed by atoms with van der Waals surface area (Å²) in [7, 11) is 1.92. The van der Waals surface area contributed by atoms with Crippen LogP contribution in [-0.2, 0) is 13.7 Å². The lowest BCUT2D eigenvalue weighted by atomic mass is 10.0. The van der Waals surface area contributed by atoms with E-state index < -0.39 is 0 Å². The lowest BCUT2D eigenvalue weighted by Crippen LogP contribution is -2.01. The third-order valence-electron chi connectivity index (χ3n) is 4.72. The average molecular weight is 393 g/mol. The molecule has 0 aliphatic heterocycles. The number of hydrogen-bond acceptors (Lipinski definition) is 6. The van der Waals surface area contributed by atoms with Gasteiger partial charge in [0, 0.05) is 43.0 Å². The van der Waals surface area contributed by atoms with E-state index in [2.05, 4.69) is 25.0 Å². The van der Waals surface area contributed by atoms with Crippen LogP contribution in [-0.4, -0.2) is 29.7 Å². The van der Waals surface area contributed by atoms with Gasteiger partial charge in [0.15, 0.2) is 5.82 Å². The molecule has 0 radical (unpaired) electrons. The molecule has 5 rings (SSSR count). The van der Waals surface area contributed by atoms with E-state index in [1.165, 1.54) is 0 Å². The summed E-state index contributed by atoms with van der Waals surface area (Å²) < 4.78 is 7.69. The Hall–Kier alpha value is -4.13. The minimum absolute atomic E-state index is 0.288. The van der Waals surface area contributed by atoms with Gasteiger partial charge in [-0.2, -0.15) is 5.10 Å². The van der Waals surface area contributed by atoms with Crippen molar-refractivity contribution in [3.63, 3.8) is 0 Å². The molecular formula is C23H18N6O. The predicted octanol–water partition coefficient (Wildman–Crippen LogP) is 4.07. The zero-order valence-corrected chi connectivity index (χ0v) is 16.3. The summed E-state index contributed by atoms with van der Waals surface area (Å²) in [6.45, 7) is 0.288. The third-order valence-corrected chi connectivity index (χ3v) is 4.72. The normalized spacial score (nSPS) is 11.0. The Kier molecular flexibility index (Phi) is 4.61. The van der Waals surface area contributed by atoms with Gasteiger partial charge in [-0.05, 0) is 54.1 Å². The monoisotopic (exact) mass is 393 g/mol. The highest BCUT2D eigenvalue weighted by atomic mass is 16.5. The Balaban J connectivity index is 1.35. The lowest BCUT2D eigenvalue weighted by Gasteiger charge is -2.07. The van der Waals surface area contributed by atoms with Crippen molar-refractivity contribution in [2.45, 2.75) is 6.61 Å². The Bertz CT molecular complexity index is 1300. The smallest absolute Gasteiger partial charge is 0.166 e. The summed E-state index contributed by atoms with van der Waals surface area (Å²) in [5.41, 5.74) is 5.65. The van der Waals surface area contributed by atoms with Crippen molar-refractivity contribution in [3.8, 4) is 28.1 Å². The molecule has 0 aliphatic rings. The zero-order valence-electron chi connectivity index (χ0n) is 16.3. The summed E-state index contributed by atoms with van der Waals surface area (Å²) >= 11 is 0. The number of aromatic nitrogens is 6. The summed E-state index contributed by atoms with van der Waals surface area (Å²) in [5, 5.41) is 4.64. The van der Waals surface area contributed by atoms with Crippen LogP contribution in [0.3, 0.4) is 0 Å². The molecule has 0 bridgehead atoms. The van der Waals surface area contributed by atoms with Crippen molar-refractivity contribution in [2.24, 2.45) is 7.05 Å². The van der Waals surface area contributed by atoms with Crippen LogP contribution in [0.5, 0.6) is 5.75 Å². The fourth-order valence-corrected chi connectivity index (χ4v) is 3.28. The first-order valence-electron chi connectivity index (χ1n) is 9.50. The molecule has 0 N–H and O–H groups in total. The van der Waals surface area contributed by atoms with Crippen LogP contribution in [0.15, 0.2) is 79.5 Å². The van der Waals surface area contributed by atoms with Gasteiger partial charge in [-0.25, -0.2) is 9.97 Å². The van der Waals surface area contributed by atoms with Gasteiger partial charge in [0.05, 0.1) is 11.7 Å². The number of ether oxygens (including phenoxy) is 1. The number of nitrogens with zero attached hydrogens (tertiary/aromatic N) is 6. The van der Waals surface area contributed by atoms with Crippen molar-refractivity contribution in [1.29, 1.82) is 0 Å². The Morgan fingerprint density at radius 1 is 0.867 bits per heavy atom. The van der Waals surface area contributed by atoms with Gasteiger partial charge >= 0.3 is 0 Å². The first-order valence-corrected chi connectivity index (χ1v) is 9.50. The molecule has 4 aromatic heterocycles. The summed E-state index contributed by atoms with van der Waals surface area (Å²) in [5.74, 6) is 1.36. The fraction of sp³-hybridized carbons (Fsp3) is 0.0870. The molecule has 146 valence electrons. The van der Waals surface area contributed by atoms with Crippen LogP contribution < -0.4 is 4.74 Å². The molecule has 0 fully saturated rings. The lowest BCUT2D eigenvalue weighted by molar-refractivity contribution is 0.296. The Morgan fingerprint density at radius 3 is 2.53 bits per heavy atom. The maximum atomic E-state index is 5.87. The van der Waals surface area contributed by atoms with Crippen LogP contribution >= 0.6 is 0 Å². The highest BCUT2D eigenvalue weighted by molar-refractivity contribution is 5.80. The molecule has 0 saturated heterocycles. The molecule has 1 aromatic carbocycles. The van der Waals surface area contributed by atoms with Gasteiger partial charge in [0.1, 0.15) is 23.6 Å². The van der Waals surface area contributed by atoms with Gasteiger partial charge in [-0.15, -0.1) is 0 Å². The van der Waals surface area contributed by atoms with Gasteiger partial charge in [0.2, 0.25) is 0 Å². The highest BCUT2D eigenvalue weighted by Gasteiger charge is 2.12. The average Bonchev–Trinajstić information content (AvgIpc) is 3.20. The highest BCUT2D eigenvalue weighted by Crippen LogP contribution is 2.31. The van der Waals surface area contributed by atoms with E-state index in [-0.39, 0.29) is 6.61 Å². The van der Waals surface area contributed by atoms with Crippen molar-refractivity contribution in [3.05, 3.63) is 85.3 Å². The molecule has 7 nitrogen and oxygen atoms in total. The first kappa shape index (κ1) is 17.9. The number of fused-ring (bicyclic) bond motifs is 1. The Labute approximate surface area is 173 Å². The molecule has 0 atom stereocenters. The van der Waals surface area contributed by atoms with Crippen molar-refractivity contribution < 1.29 is 4.74 Å². The first-order chi connectivity index (χ1) is 14.8. The SMILES string of the molecule is [11CH3]n1cc(-c2ccncc2)c(-c2ccc(OCc3ncc4ncccc4n3)cc2)n1. The van der Waals surface area contributed by atoms with Crippen LogP contribution in [0, 0.1) is 0 Å². The molecule has 0 aliphatic carbocycles. The van der Waals surface area contributed by atoms with Crippen LogP contribution in [0.25, 0.3) is 33.4 Å². The van der Waals surface area contributed by atoms with Crippen LogP contribution in [0.1, 0.15) is 5.82 Å². The number of pyridine rings is 2. The largest absolute Gasteiger partial charge is 0.486 e. The second-order valence-electron chi connectivity index (χ2n) is 6.81. The summed E-state index contributed by atoms with van der Waals surface area (Å²) in [4.78, 5) is 17.1. The quantitative estimate of drug-likeness (QED) is 0.448. The molecular weight excluding hydrogens is 375 g/mol. The number of aryl methyl sites for hydroxylation is 1. The minimum atomic E-state index is 0.288. The van der Waals surface area contributed by atoms with Gasteiger partial charge in [-0.1, -0.05) is 0 Å². The fourth-order valence-electron chi connectivity index (χ4n) is 3.28. The third kappa shape index (κ3) is 3.60. The van der Waals surface area contributed by atoms with E-state index in [1.54, 1.807) is 24.8 Å². The van der Waals surface area contributed by atoms with E-state index in [1.807, 2.05) is 66.5 Å². The van der Waals surface area contributed by atoms with E-state index >= 15 is 0 Å². The summed E-state index contributed by atoms with van der Waals surface area (Å²) in [6.07, 6.45) is 9.03. The number of hydrogen-bond donors (Lipinski definition) is 0. The number of benzene rings is 1. The van der Waals surface area contributed by atoms with E-state index in [4.69, 9.17) is 4.74 Å². The minimum Gasteiger partial charge on any atom is -0.486 e. The predicted molar refractivity (Wildman–Crippen MR) is 114 cm³/mol. The maximum absolute atomic E-state index is 5.87. The standard InChI is InChI=1S/C23H18N6O/c1-29-14-19(16-8-11-24-12-9-16)23(28-29)17-4-6-18(7-5-17)30-15-22-26-13-21-20(27-22)3-2-10-25-21/h2-14H,15H2,1H3/i1-1. The second-order valence-corrected chi connectivity index (χ2v) is 6.81. The molecule has 0 saturated carbocycles. The van der Waals surface area contributed by atoms with E-state index in [0.29, 0.717) is 5.82 Å². The molecule has 0 amide bonds. The van der Waals surface area contributed by atoms with E-state index in [0.717, 1.165) is 39.2 Å². The van der Waals surface area contributed by atoms with Crippen molar-refractivity contribution in [2.75, 3.05) is 0 Å². The number of rotatable bonds is 5.